The Kier molecular flexibility index (Phi) is 8.05. The molecule has 2 aliphatic rings. The van der Waals surface area contributed by atoms with Crippen LogP contribution in [0.4, 0.5) is 0 Å². The number of aliphatic hydroxyl groups is 1. The van der Waals surface area contributed by atoms with E-state index in [0.29, 0.717) is 18.8 Å². The Morgan fingerprint density at radius 2 is 1.72 bits per heavy atom. The fraction of sp³-hybridized carbons (Fsp3) is 0.464. The van der Waals surface area contributed by atoms with E-state index in [9.17, 15) is 19.5 Å². The number of amides is 3. The van der Waals surface area contributed by atoms with E-state index in [1.165, 1.54) is 16.7 Å². The number of aliphatic hydroxyl groups excluding tert-OH is 1. The smallest absolute Gasteiger partial charge is 0.254 e. The molecular weight excluding hydrogens is 474 g/mol. The molecule has 0 spiro atoms. The van der Waals surface area contributed by atoms with E-state index in [4.69, 9.17) is 0 Å². The van der Waals surface area contributed by atoms with Crippen LogP contribution in [0.2, 0.25) is 0 Å². The summed E-state index contributed by atoms with van der Waals surface area (Å²) < 4.78 is -0.530. The summed E-state index contributed by atoms with van der Waals surface area (Å²) in [5.41, 5.74) is 3.00. The molecule has 3 atom stereocenters. The van der Waals surface area contributed by atoms with Crippen LogP contribution < -0.4 is 10.6 Å². The maximum atomic E-state index is 13.6. The van der Waals surface area contributed by atoms with Crippen molar-refractivity contribution in [2.75, 3.05) is 5.88 Å². The molecule has 2 aromatic rings. The Balaban J connectivity index is 1.49. The molecule has 3 amide bonds. The van der Waals surface area contributed by atoms with Crippen molar-refractivity contribution in [3.8, 4) is 0 Å². The minimum atomic E-state index is -1.46. The monoisotopic (exact) mass is 509 g/mol. The van der Waals surface area contributed by atoms with E-state index in [2.05, 4.69) is 10.6 Å². The van der Waals surface area contributed by atoms with Gasteiger partial charge < -0.3 is 20.6 Å². The summed E-state index contributed by atoms with van der Waals surface area (Å²) in [7, 11) is 0. The van der Waals surface area contributed by atoms with E-state index in [0.717, 1.165) is 29.5 Å². The first-order valence-electron chi connectivity index (χ1n) is 12.5. The van der Waals surface area contributed by atoms with Crippen LogP contribution in [-0.4, -0.2) is 56.5 Å². The number of nitrogens with one attached hydrogen (secondary N) is 2. The molecule has 2 unspecified atom stereocenters. The van der Waals surface area contributed by atoms with E-state index in [1.54, 1.807) is 0 Å². The lowest BCUT2D eigenvalue weighted by Gasteiger charge is -2.33. The molecule has 1 aliphatic carbocycles. The summed E-state index contributed by atoms with van der Waals surface area (Å²) in [6.45, 7) is 6.23. The van der Waals surface area contributed by atoms with Gasteiger partial charge in [0.25, 0.3) is 5.91 Å². The number of aryl methyl sites for hydroxylation is 1. The second kappa shape index (κ2) is 11.0. The predicted octanol–water partition coefficient (Wildman–Crippen LogP) is 2.79. The summed E-state index contributed by atoms with van der Waals surface area (Å²) in [6.07, 6.45) is 0.511. The van der Waals surface area contributed by atoms with Crippen LogP contribution in [0.15, 0.2) is 54.6 Å². The normalized spacial score (nSPS) is 20.4. The van der Waals surface area contributed by atoms with Gasteiger partial charge in [0.1, 0.15) is 6.04 Å². The largest absolute Gasteiger partial charge is 0.381 e. The van der Waals surface area contributed by atoms with Gasteiger partial charge in [0, 0.05) is 17.2 Å². The van der Waals surface area contributed by atoms with Crippen LogP contribution in [0, 0.1) is 12.8 Å². The quantitative estimate of drug-likeness (QED) is 0.483. The molecule has 3 N–H and O–H groups in total. The van der Waals surface area contributed by atoms with E-state index in [-0.39, 0.29) is 17.7 Å². The van der Waals surface area contributed by atoms with Crippen molar-refractivity contribution in [1.82, 2.24) is 15.5 Å². The Hall–Kier alpha value is -2.84. The Morgan fingerprint density at radius 1 is 1.06 bits per heavy atom. The molecule has 1 heterocycles. The number of benzene rings is 2. The number of hydrogen-bond donors (Lipinski definition) is 3. The fourth-order valence-corrected chi connectivity index (χ4v) is 5.74. The first-order chi connectivity index (χ1) is 17.2. The number of hydrogen-bond acceptors (Lipinski definition) is 5. The maximum Gasteiger partial charge on any atom is 0.254 e. The molecule has 1 aliphatic heterocycles. The van der Waals surface area contributed by atoms with Gasteiger partial charge in [-0.15, -0.1) is 11.8 Å². The number of rotatable bonds is 9. The molecule has 1 saturated heterocycles. The average Bonchev–Trinajstić information content (AvgIpc) is 3.66. The zero-order chi connectivity index (χ0) is 25.9. The molecule has 2 aromatic carbocycles. The van der Waals surface area contributed by atoms with Crippen LogP contribution in [0.25, 0.3) is 0 Å². The third kappa shape index (κ3) is 6.10. The molecule has 0 bridgehead atoms. The van der Waals surface area contributed by atoms with Crippen LogP contribution in [0.5, 0.6) is 0 Å². The van der Waals surface area contributed by atoms with Crippen LogP contribution in [0.1, 0.15) is 43.4 Å². The third-order valence-corrected chi connectivity index (χ3v) is 8.37. The number of carbonyl (C=O) groups is 3. The van der Waals surface area contributed by atoms with Crippen LogP contribution in [0.3, 0.4) is 0 Å². The van der Waals surface area contributed by atoms with Crippen molar-refractivity contribution < 1.29 is 19.5 Å². The molecule has 4 rings (SSSR count). The number of nitrogens with zero attached hydrogens (tertiary/aromatic N) is 1. The standard InChI is InChI=1S/C28H35N3O4S/c1-18-9-7-8-12-21(18)16-29-26(34)24-28(2,3)36-17-31(24)27(35)23(32)22(30-25(33)20-13-14-20)15-19-10-5-4-6-11-19/h4-12,20,22-24,32H,13-17H2,1-3H3,(H,29,34)(H,30,33)/t22?,23-,24?/m0/s1. The fourth-order valence-electron chi connectivity index (χ4n) is 4.60. The highest BCUT2D eigenvalue weighted by atomic mass is 32.2. The van der Waals surface area contributed by atoms with Gasteiger partial charge in [0.05, 0.1) is 11.9 Å². The topological polar surface area (TPSA) is 98.7 Å². The molecule has 7 nitrogen and oxygen atoms in total. The maximum absolute atomic E-state index is 13.6. The second-order valence-electron chi connectivity index (χ2n) is 10.3. The highest BCUT2D eigenvalue weighted by Gasteiger charge is 2.50. The molecule has 1 saturated carbocycles. The second-order valence-corrected chi connectivity index (χ2v) is 11.9. The molecule has 8 heteroatoms. The first kappa shape index (κ1) is 26.2. The molecular formula is C28H35N3O4S. The van der Waals surface area contributed by atoms with Gasteiger partial charge in [-0.1, -0.05) is 54.6 Å². The number of carbonyl (C=O) groups excluding carboxylic acids is 3. The van der Waals surface area contributed by atoms with E-state index in [1.807, 2.05) is 75.4 Å². The zero-order valence-electron chi connectivity index (χ0n) is 21.1. The third-order valence-electron chi connectivity index (χ3n) is 7.00. The van der Waals surface area contributed by atoms with Crippen molar-refractivity contribution in [2.24, 2.45) is 5.92 Å². The van der Waals surface area contributed by atoms with Gasteiger partial charge in [0.15, 0.2) is 6.10 Å². The lowest BCUT2D eigenvalue weighted by molar-refractivity contribution is -0.147. The van der Waals surface area contributed by atoms with Crippen molar-refractivity contribution in [3.63, 3.8) is 0 Å². The van der Waals surface area contributed by atoms with Gasteiger partial charge in [0.2, 0.25) is 11.8 Å². The summed E-state index contributed by atoms with van der Waals surface area (Å²) in [6, 6.07) is 15.8. The Labute approximate surface area is 217 Å². The van der Waals surface area contributed by atoms with Crippen molar-refractivity contribution in [3.05, 3.63) is 71.3 Å². The van der Waals surface area contributed by atoms with Gasteiger partial charge in [-0.3, -0.25) is 14.4 Å². The minimum Gasteiger partial charge on any atom is -0.381 e. The molecule has 0 radical (unpaired) electrons. The van der Waals surface area contributed by atoms with Crippen LogP contribution in [-0.2, 0) is 27.3 Å². The predicted molar refractivity (Wildman–Crippen MR) is 141 cm³/mol. The van der Waals surface area contributed by atoms with Gasteiger partial charge in [-0.25, -0.2) is 0 Å². The average molecular weight is 510 g/mol. The van der Waals surface area contributed by atoms with Gasteiger partial charge >= 0.3 is 0 Å². The van der Waals surface area contributed by atoms with Crippen molar-refractivity contribution in [1.29, 1.82) is 0 Å². The van der Waals surface area contributed by atoms with Crippen molar-refractivity contribution in [2.45, 2.75) is 69.5 Å². The lowest BCUT2D eigenvalue weighted by atomic mass is 9.97. The summed E-state index contributed by atoms with van der Waals surface area (Å²) in [4.78, 5) is 41.0. The highest BCUT2D eigenvalue weighted by molar-refractivity contribution is 8.00. The first-order valence-corrected chi connectivity index (χ1v) is 13.4. The summed E-state index contributed by atoms with van der Waals surface area (Å²) >= 11 is 1.50. The molecule has 36 heavy (non-hydrogen) atoms. The Bertz CT molecular complexity index is 1100. The van der Waals surface area contributed by atoms with E-state index >= 15 is 0 Å². The molecule has 0 aromatic heterocycles. The highest BCUT2D eigenvalue weighted by Crippen LogP contribution is 2.40. The SMILES string of the molecule is Cc1ccccc1CNC(=O)C1N(C(=O)[C@@H](O)C(Cc2ccccc2)NC(=O)C2CC2)CSC1(C)C. The summed E-state index contributed by atoms with van der Waals surface area (Å²) in [5, 5.41) is 17.1. The minimum absolute atomic E-state index is 0.0492. The molecule has 192 valence electrons. The van der Waals surface area contributed by atoms with Gasteiger partial charge in [-0.05, 0) is 56.7 Å². The lowest BCUT2D eigenvalue weighted by Crippen LogP contribution is -2.58. The summed E-state index contributed by atoms with van der Waals surface area (Å²) in [5.74, 6) is -0.685. The number of thioether (sulfide) groups is 1. The van der Waals surface area contributed by atoms with Crippen LogP contribution >= 0.6 is 11.8 Å². The van der Waals surface area contributed by atoms with E-state index < -0.39 is 28.8 Å². The van der Waals surface area contributed by atoms with Crippen molar-refractivity contribution >= 4 is 29.5 Å². The van der Waals surface area contributed by atoms with Gasteiger partial charge in [-0.2, -0.15) is 0 Å². The molecule has 2 fully saturated rings. The zero-order valence-corrected chi connectivity index (χ0v) is 21.9. The Morgan fingerprint density at radius 3 is 2.39 bits per heavy atom.